The minimum absolute atomic E-state index is 0.00463. The zero-order valence-electron chi connectivity index (χ0n) is 12.8. The molecule has 0 aliphatic carbocycles. The molecule has 0 heterocycles. The van der Waals surface area contributed by atoms with Crippen molar-refractivity contribution >= 4 is 40.2 Å². The molecule has 11 heteroatoms. The van der Waals surface area contributed by atoms with Crippen molar-refractivity contribution in [2.75, 3.05) is 11.1 Å². The van der Waals surface area contributed by atoms with Crippen LogP contribution in [-0.4, -0.2) is 48.2 Å². The van der Waals surface area contributed by atoms with E-state index >= 15 is 0 Å². The third kappa shape index (κ3) is 9.54. The molecule has 0 fully saturated rings. The summed E-state index contributed by atoms with van der Waals surface area (Å²) in [5.74, 6) is -0.520. The summed E-state index contributed by atoms with van der Waals surface area (Å²) >= 11 is -4.92. The van der Waals surface area contributed by atoms with Gasteiger partial charge in [-0.1, -0.05) is 13.8 Å². The van der Waals surface area contributed by atoms with Crippen LogP contribution in [0.25, 0.3) is 0 Å². The summed E-state index contributed by atoms with van der Waals surface area (Å²) in [5.41, 5.74) is 0.157. The van der Waals surface area contributed by atoms with E-state index in [9.17, 15) is 21.0 Å². The number of carbonyl (C=O) groups excluding carboxylic acids is 1. The van der Waals surface area contributed by atoms with Gasteiger partial charge in [0.1, 0.15) is 0 Å². The Kier molecular flexibility index (Phi) is 8.75. The minimum Gasteiger partial charge on any atom is -0.286 e. The van der Waals surface area contributed by atoms with E-state index in [4.69, 9.17) is 9.81 Å². The number of rotatable bonds is 5. The molecule has 1 aromatic carbocycles. The van der Waals surface area contributed by atoms with Crippen molar-refractivity contribution in [3.05, 3.63) is 24.3 Å². The van der Waals surface area contributed by atoms with Crippen molar-refractivity contribution in [2.45, 2.75) is 20.8 Å². The Balaban J connectivity index is 0.000000515. The summed E-state index contributed by atoms with van der Waals surface area (Å²) in [6, 6.07) is 5.84. The molecule has 0 bridgehead atoms. The van der Waals surface area contributed by atoms with E-state index in [0.29, 0.717) is 0 Å². The van der Waals surface area contributed by atoms with Crippen molar-refractivity contribution in [1.29, 1.82) is 0 Å². The number of amides is 1. The molecule has 1 unspecified atom stereocenters. The number of hydrogen-bond donors (Lipinski definition) is 4. The number of para-hydroxylation sites is 1. The zero-order chi connectivity index (χ0) is 18.3. The number of anilines is 1. The van der Waals surface area contributed by atoms with E-state index < -0.39 is 24.3 Å². The Hall–Kier alpha value is -1.16. The van der Waals surface area contributed by atoms with Crippen LogP contribution in [0.4, 0.5) is 5.69 Å². The van der Waals surface area contributed by atoms with E-state index in [1.165, 1.54) is 25.1 Å². The predicted molar refractivity (Wildman–Crippen MR) is 84.0 cm³/mol. The average molecular weight is 413 g/mol. The molecular formula is C12H20AsNO8S. The Morgan fingerprint density at radius 2 is 1.87 bits per heavy atom. The zero-order valence-corrected chi connectivity index (χ0v) is 15.5. The van der Waals surface area contributed by atoms with Crippen LogP contribution in [0.3, 0.4) is 0 Å². The number of hydrogen-bond acceptors (Lipinski definition) is 6. The SMILES string of the molecule is CC(=O)Nc1ccccc1[As](=O)(O)OO.CC(C)CS(=O)(=O)O. The molecule has 0 spiro atoms. The topological polar surface area (TPSA) is 150 Å². The van der Waals surface area contributed by atoms with Crippen LogP contribution < -0.4 is 9.67 Å². The molecule has 0 saturated heterocycles. The van der Waals surface area contributed by atoms with E-state index in [-0.39, 0.29) is 27.6 Å². The third-order valence-corrected chi connectivity index (χ3v) is 5.82. The fourth-order valence-electron chi connectivity index (χ4n) is 1.48. The van der Waals surface area contributed by atoms with Crippen LogP contribution in [0.1, 0.15) is 20.8 Å². The summed E-state index contributed by atoms with van der Waals surface area (Å²) < 4.78 is 52.3. The Bertz CT molecular complexity index is 673. The van der Waals surface area contributed by atoms with Crippen LogP contribution in [0.15, 0.2) is 24.3 Å². The van der Waals surface area contributed by atoms with Crippen molar-refractivity contribution < 1.29 is 34.7 Å². The molecule has 0 saturated carbocycles. The minimum atomic E-state index is -4.92. The van der Waals surface area contributed by atoms with Crippen LogP contribution in [0, 0.1) is 5.92 Å². The van der Waals surface area contributed by atoms with Gasteiger partial charge in [-0.15, -0.1) is 0 Å². The first-order chi connectivity index (χ1) is 10.4. The normalized spacial score (nSPS) is 13.7. The Morgan fingerprint density at radius 3 is 2.22 bits per heavy atom. The maximum atomic E-state index is 11.4. The second kappa shape index (κ2) is 9.21. The van der Waals surface area contributed by atoms with Gasteiger partial charge in [0, 0.05) is 0 Å². The summed E-state index contributed by atoms with van der Waals surface area (Å²) in [6.45, 7) is 4.73. The smallest absolute Gasteiger partial charge is 0.265 e. The van der Waals surface area contributed by atoms with Gasteiger partial charge in [0.25, 0.3) is 10.1 Å². The number of carbonyl (C=O) groups is 1. The molecule has 0 radical (unpaired) electrons. The van der Waals surface area contributed by atoms with Gasteiger partial charge in [-0.05, 0) is 5.92 Å². The number of nitrogens with one attached hydrogen (secondary N) is 1. The first-order valence-electron chi connectivity index (χ1n) is 6.37. The van der Waals surface area contributed by atoms with Gasteiger partial charge in [-0.2, -0.15) is 8.42 Å². The van der Waals surface area contributed by atoms with E-state index in [2.05, 4.69) is 9.19 Å². The molecule has 1 amide bonds. The van der Waals surface area contributed by atoms with Gasteiger partial charge in [0.05, 0.1) is 5.75 Å². The van der Waals surface area contributed by atoms with Crippen LogP contribution in [0.5, 0.6) is 0 Å². The van der Waals surface area contributed by atoms with Crippen molar-refractivity contribution in [3.8, 4) is 0 Å². The molecule has 132 valence electrons. The number of benzene rings is 1. The average Bonchev–Trinajstić information content (AvgIpc) is 2.36. The summed E-state index contributed by atoms with van der Waals surface area (Å²) in [7, 11) is -3.72. The maximum Gasteiger partial charge on any atom is 0.265 e. The van der Waals surface area contributed by atoms with Crippen molar-refractivity contribution in [1.82, 2.24) is 0 Å². The van der Waals surface area contributed by atoms with Crippen molar-refractivity contribution in [3.63, 3.8) is 0 Å². The monoisotopic (exact) mass is 413 g/mol. The molecule has 1 aromatic rings. The largest absolute Gasteiger partial charge is 0.286 e. The molecular weight excluding hydrogens is 393 g/mol. The van der Waals surface area contributed by atoms with Crippen LogP contribution in [0.2, 0.25) is 0 Å². The molecule has 1 atom stereocenters. The maximum absolute atomic E-state index is 11.4. The van der Waals surface area contributed by atoms with Gasteiger partial charge >= 0.3 is 88.4 Å². The Morgan fingerprint density at radius 1 is 1.35 bits per heavy atom. The summed E-state index contributed by atoms with van der Waals surface area (Å²) in [5, 5.41) is 10.7. The van der Waals surface area contributed by atoms with Gasteiger partial charge in [-0.25, -0.2) is 0 Å². The second-order valence-corrected chi connectivity index (χ2v) is 9.98. The quantitative estimate of drug-likeness (QED) is 0.232. The van der Waals surface area contributed by atoms with Crippen LogP contribution in [-0.2, 0) is 22.5 Å². The van der Waals surface area contributed by atoms with E-state index in [1.807, 2.05) is 0 Å². The summed E-state index contributed by atoms with van der Waals surface area (Å²) in [6.07, 6.45) is 0. The van der Waals surface area contributed by atoms with Crippen LogP contribution >= 0.6 is 0 Å². The molecule has 0 aromatic heterocycles. The van der Waals surface area contributed by atoms with Gasteiger partial charge in [-0.3, -0.25) is 4.55 Å². The molecule has 23 heavy (non-hydrogen) atoms. The molecule has 4 N–H and O–H groups in total. The fraction of sp³-hybridized carbons (Fsp3) is 0.417. The van der Waals surface area contributed by atoms with Crippen molar-refractivity contribution in [2.24, 2.45) is 5.92 Å². The predicted octanol–water partition coefficient (Wildman–Crippen LogP) is 0.234. The molecule has 0 aliphatic rings. The summed E-state index contributed by atoms with van der Waals surface area (Å²) in [4.78, 5) is 10.8. The Labute approximate surface area is 137 Å². The fourth-order valence-corrected chi connectivity index (χ4v) is 4.00. The molecule has 1 rings (SSSR count). The third-order valence-electron chi connectivity index (χ3n) is 2.17. The van der Waals surface area contributed by atoms with E-state index in [1.54, 1.807) is 19.9 Å². The van der Waals surface area contributed by atoms with Gasteiger partial charge in [0.2, 0.25) is 0 Å². The second-order valence-electron chi connectivity index (χ2n) is 4.94. The standard InChI is InChI=1S/C8H10AsNO5.C4H10O3S/c1-6(11)10-8-5-3-2-4-7(8)9(12,13)15-14;1-4(2)3-8(5,6)7/h2-5,14H,1H3,(H,10,11)(H,12,13);4H,3H2,1-2H3,(H,5,6,7). The molecule has 9 nitrogen and oxygen atoms in total. The van der Waals surface area contributed by atoms with Gasteiger partial charge < -0.3 is 0 Å². The van der Waals surface area contributed by atoms with E-state index in [0.717, 1.165) is 0 Å². The first kappa shape index (κ1) is 21.8. The van der Waals surface area contributed by atoms with Gasteiger partial charge in [0.15, 0.2) is 0 Å². The first-order valence-corrected chi connectivity index (χ1v) is 11.3. The molecule has 0 aliphatic heterocycles.